The summed E-state index contributed by atoms with van der Waals surface area (Å²) in [6.45, 7) is 2.05. The molecule has 0 saturated carbocycles. The highest BCUT2D eigenvalue weighted by atomic mass is 16.4. The fourth-order valence-corrected chi connectivity index (χ4v) is 3.65. The van der Waals surface area contributed by atoms with Gasteiger partial charge in [0.2, 0.25) is 0 Å². The van der Waals surface area contributed by atoms with Crippen molar-refractivity contribution < 1.29 is 19.8 Å². The summed E-state index contributed by atoms with van der Waals surface area (Å²) in [4.78, 5) is 26.2. The molecule has 0 amide bonds. The summed E-state index contributed by atoms with van der Waals surface area (Å²) in [6.07, 6.45) is 0. The van der Waals surface area contributed by atoms with Crippen molar-refractivity contribution in [2.45, 2.75) is 6.92 Å². The van der Waals surface area contributed by atoms with Crippen LogP contribution in [0, 0.1) is 6.92 Å². The van der Waals surface area contributed by atoms with Gasteiger partial charge in [0.25, 0.3) is 0 Å². The first-order valence-electron chi connectivity index (χ1n) is 10.7. The average Bonchev–Trinajstić information content (AvgIpc) is 2.85. The average molecular weight is 453 g/mol. The smallest absolute Gasteiger partial charge is 0.336 e. The lowest BCUT2D eigenvalue weighted by Gasteiger charge is -2.21. The number of phenolic OH excluding ortho intramolecular Hbond substituents is 1. The van der Waals surface area contributed by atoms with Crippen LogP contribution in [-0.4, -0.2) is 29.0 Å². The number of aromatic hydroxyl groups is 1. The van der Waals surface area contributed by atoms with Gasteiger partial charge in [-0.15, -0.1) is 0 Å². The van der Waals surface area contributed by atoms with Crippen LogP contribution in [0.25, 0.3) is 0 Å². The second kappa shape index (κ2) is 9.50. The number of carboxylic acid groups (broad SMARTS) is 1. The molecule has 6 nitrogen and oxygen atoms in total. The summed E-state index contributed by atoms with van der Waals surface area (Å²) in [5, 5.41) is 23.3. The number of benzene rings is 4. The van der Waals surface area contributed by atoms with Crippen LogP contribution >= 0.6 is 0 Å². The standard InChI is InChI=1S/C28H24N2O4/c1-18-7-9-19(10-8-18)29-20-11-13-21(14-12-20)30(2)22-15-16-25(26(31)17-22)27(32)23-5-3-4-6-24(23)28(33)34/h3-17,29,31H,1-2H3,(H,33,34). The van der Waals surface area contributed by atoms with Crippen molar-refractivity contribution in [2.24, 2.45) is 0 Å². The molecule has 0 spiro atoms. The maximum atomic E-state index is 12.9. The highest BCUT2D eigenvalue weighted by molar-refractivity contribution is 6.15. The minimum Gasteiger partial charge on any atom is -0.507 e. The maximum Gasteiger partial charge on any atom is 0.336 e. The lowest BCUT2D eigenvalue weighted by atomic mass is 9.97. The van der Waals surface area contributed by atoms with Crippen molar-refractivity contribution in [2.75, 3.05) is 17.3 Å². The summed E-state index contributed by atoms with van der Waals surface area (Å²) < 4.78 is 0. The van der Waals surface area contributed by atoms with E-state index in [1.165, 1.54) is 29.8 Å². The number of rotatable bonds is 7. The first kappa shape index (κ1) is 22.6. The molecule has 0 atom stereocenters. The van der Waals surface area contributed by atoms with Crippen LogP contribution in [-0.2, 0) is 0 Å². The molecule has 170 valence electrons. The van der Waals surface area contributed by atoms with Gasteiger partial charge in [-0.3, -0.25) is 4.79 Å². The summed E-state index contributed by atoms with van der Waals surface area (Å²) in [5.74, 6) is -1.96. The van der Waals surface area contributed by atoms with Gasteiger partial charge < -0.3 is 20.4 Å². The van der Waals surface area contributed by atoms with E-state index >= 15 is 0 Å². The number of aryl methyl sites for hydroxylation is 1. The molecule has 4 rings (SSSR count). The Morgan fingerprint density at radius 1 is 0.735 bits per heavy atom. The number of hydrogen-bond acceptors (Lipinski definition) is 5. The molecule has 0 unspecified atom stereocenters. The number of phenols is 1. The first-order chi connectivity index (χ1) is 16.3. The zero-order valence-electron chi connectivity index (χ0n) is 18.8. The zero-order valence-corrected chi connectivity index (χ0v) is 18.8. The van der Waals surface area contributed by atoms with Crippen molar-refractivity contribution in [1.29, 1.82) is 0 Å². The van der Waals surface area contributed by atoms with E-state index in [-0.39, 0.29) is 22.4 Å². The summed E-state index contributed by atoms with van der Waals surface area (Å²) >= 11 is 0. The van der Waals surface area contributed by atoms with E-state index in [1.807, 2.05) is 67.4 Å². The molecule has 0 heterocycles. The Balaban J connectivity index is 1.53. The lowest BCUT2D eigenvalue weighted by molar-refractivity contribution is 0.0692. The minimum atomic E-state index is -1.19. The number of nitrogens with one attached hydrogen (secondary N) is 1. The molecule has 0 aliphatic heterocycles. The molecule has 4 aromatic carbocycles. The van der Waals surface area contributed by atoms with Gasteiger partial charge in [0.05, 0.1) is 11.1 Å². The summed E-state index contributed by atoms with van der Waals surface area (Å²) in [5.41, 5.74) is 4.69. The number of carbonyl (C=O) groups excluding carboxylic acids is 1. The number of ketones is 1. The molecule has 34 heavy (non-hydrogen) atoms. The molecule has 6 heteroatoms. The molecular weight excluding hydrogens is 428 g/mol. The third-order valence-electron chi connectivity index (χ3n) is 5.61. The Morgan fingerprint density at radius 2 is 1.29 bits per heavy atom. The Labute approximate surface area is 197 Å². The molecule has 3 N–H and O–H groups in total. The predicted molar refractivity (Wildman–Crippen MR) is 134 cm³/mol. The molecule has 0 aliphatic rings. The van der Waals surface area contributed by atoms with Gasteiger partial charge in [0.1, 0.15) is 5.75 Å². The zero-order chi connectivity index (χ0) is 24.2. The van der Waals surface area contributed by atoms with Crippen LogP contribution < -0.4 is 10.2 Å². The second-order valence-electron chi connectivity index (χ2n) is 7.98. The topological polar surface area (TPSA) is 89.9 Å². The van der Waals surface area contributed by atoms with Crippen molar-refractivity contribution in [3.05, 3.63) is 113 Å². The van der Waals surface area contributed by atoms with Gasteiger partial charge in [0.15, 0.2) is 5.78 Å². The van der Waals surface area contributed by atoms with Crippen LogP contribution in [0.15, 0.2) is 91.0 Å². The van der Waals surface area contributed by atoms with Crippen LogP contribution in [0.3, 0.4) is 0 Å². The normalized spacial score (nSPS) is 10.5. The Bertz CT molecular complexity index is 1350. The van der Waals surface area contributed by atoms with E-state index in [2.05, 4.69) is 5.32 Å². The fraction of sp³-hybridized carbons (Fsp3) is 0.0714. The van der Waals surface area contributed by atoms with Crippen LogP contribution in [0.4, 0.5) is 22.7 Å². The van der Waals surface area contributed by atoms with Crippen LogP contribution in [0.2, 0.25) is 0 Å². The molecule has 4 aromatic rings. The Morgan fingerprint density at radius 3 is 1.88 bits per heavy atom. The minimum absolute atomic E-state index is 0.0306. The molecule has 0 saturated heterocycles. The van der Waals surface area contributed by atoms with Gasteiger partial charge in [-0.1, -0.05) is 35.9 Å². The van der Waals surface area contributed by atoms with Crippen molar-refractivity contribution >= 4 is 34.5 Å². The number of carboxylic acids is 1. The van der Waals surface area contributed by atoms with Crippen molar-refractivity contribution in [1.82, 2.24) is 0 Å². The largest absolute Gasteiger partial charge is 0.507 e. The van der Waals surface area contributed by atoms with Crippen LogP contribution in [0.1, 0.15) is 31.8 Å². The van der Waals surface area contributed by atoms with Gasteiger partial charge in [-0.2, -0.15) is 0 Å². The third kappa shape index (κ3) is 4.76. The SMILES string of the molecule is Cc1ccc(Nc2ccc(N(C)c3ccc(C(=O)c4ccccc4C(=O)O)c(O)c3)cc2)cc1. The van der Waals surface area contributed by atoms with E-state index in [4.69, 9.17) is 0 Å². The van der Waals surface area contributed by atoms with Crippen LogP contribution in [0.5, 0.6) is 5.75 Å². The number of aromatic carboxylic acids is 1. The number of anilines is 4. The van der Waals surface area contributed by atoms with Gasteiger partial charge in [-0.05, 0) is 61.5 Å². The third-order valence-corrected chi connectivity index (χ3v) is 5.61. The highest BCUT2D eigenvalue weighted by Crippen LogP contribution is 2.31. The van der Waals surface area contributed by atoms with E-state index in [1.54, 1.807) is 18.2 Å². The van der Waals surface area contributed by atoms with Crippen molar-refractivity contribution in [3.63, 3.8) is 0 Å². The Hall–Kier alpha value is -4.58. The lowest BCUT2D eigenvalue weighted by Crippen LogP contribution is -2.12. The van der Waals surface area contributed by atoms with E-state index in [9.17, 15) is 19.8 Å². The summed E-state index contributed by atoms with van der Waals surface area (Å²) in [6, 6.07) is 26.7. The predicted octanol–water partition coefficient (Wildman–Crippen LogP) is 6.14. The summed E-state index contributed by atoms with van der Waals surface area (Å²) in [7, 11) is 1.86. The van der Waals surface area contributed by atoms with Gasteiger partial charge in [-0.25, -0.2) is 4.79 Å². The molecule has 0 aromatic heterocycles. The maximum absolute atomic E-state index is 12.9. The Kier molecular flexibility index (Phi) is 6.32. The highest BCUT2D eigenvalue weighted by Gasteiger charge is 2.20. The van der Waals surface area contributed by atoms with Gasteiger partial charge in [0, 0.05) is 41.4 Å². The second-order valence-corrected chi connectivity index (χ2v) is 7.98. The number of hydrogen-bond donors (Lipinski definition) is 3. The van der Waals surface area contributed by atoms with E-state index in [0.717, 1.165) is 17.1 Å². The number of nitrogens with zero attached hydrogens (tertiary/aromatic N) is 1. The monoisotopic (exact) mass is 452 g/mol. The molecule has 0 fully saturated rings. The molecule has 0 aliphatic carbocycles. The first-order valence-corrected chi connectivity index (χ1v) is 10.7. The molecule has 0 radical (unpaired) electrons. The molecule has 0 bridgehead atoms. The van der Waals surface area contributed by atoms with E-state index < -0.39 is 11.8 Å². The van der Waals surface area contributed by atoms with E-state index in [0.29, 0.717) is 5.69 Å². The fourth-order valence-electron chi connectivity index (χ4n) is 3.65. The quantitative estimate of drug-likeness (QED) is 0.292. The van der Waals surface area contributed by atoms with Crippen molar-refractivity contribution in [3.8, 4) is 5.75 Å². The van der Waals surface area contributed by atoms with Gasteiger partial charge >= 0.3 is 5.97 Å². The number of carbonyl (C=O) groups is 2. The molecular formula is C28H24N2O4.